The van der Waals surface area contributed by atoms with E-state index in [9.17, 15) is 0 Å². The summed E-state index contributed by atoms with van der Waals surface area (Å²) in [4.78, 5) is 2.39. The SMILES string of the molecule is CC1c2ccccc2-c2ccc(N(c3ccc(-c4ccccc4)cc3)c3ccc(-c4ccc5c(c4)c4ccccc4n5-c4ccccc4)cc3)cc21. The van der Waals surface area contributed by atoms with Crippen LogP contribution in [-0.4, -0.2) is 4.57 Å². The summed E-state index contributed by atoms with van der Waals surface area (Å²) in [7, 11) is 0. The summed E-state index contributed by atoms with van der Waals surface area (Å²) >= 11 is 0. The Morgan fingerprint density at radius 1 is 0.385 bits per heavy atom. The Kier molecular flexibility index (Phi) is 7.14. The third-order valence-electron chi connectivity index (χ3n) is 10.9. The highest BCUT2D eigenvalue weighted by Crippen LogP contribution is 2.47. The lowest BCUT2D eigenvalue weighted by Crippen LogP contribution is -2.10. The van der Waals surface area contributed by atoms with Gasteiger partial charge in [-0.3, -0.25) is 0 Å². The van der Waals surface area contributed by atoms with Crippen LogP contribution < -0.4 is 4.90 Å². The van der Waals surface area contributed by atoms with Crippen molar-refractivity contribution >= 4 is 38.9 Å². The van der Waals surface area contributed by atoms with Crippen molar-refractivity contribution in [2.45, 2.75) is 12.8 Å². The number of aromatic nitrogens is 1. The molecular formula is C50H36N2. The van der Waals surface area contributed by atoms with Gasteiger partial charge < -0.3 is 9.47 Å². The van der Waals surface area contributed by atoms with Crippen LogP contribution in [0, 0.1) is 0 Å². The Bertz CT molecular complexity index is 2720. The molecule has 2 nitrogen and oxygen atoms in total. The van der Waals surface area contributed by atoms with Crippen molar-refractivity contribution < 1.29 is 0 Å². The molecule has 1 aliphatic rings. The largest absolute Gasteiger partial charge is 0.310 e. The summed E-state index contributed by atoms with van der Waals surface area (Å²) in [5.41, 5.74) is 17.3. The molecule has 0 aliphatic heterocycles. The van der Waals surface area contributed by atoms with Gasteiger partial charge in [0.25, 0.3) is 0 Å². The van der Waals surface area contributed by atoms with Gasteiger partial charge in [-0.15, -0.1) is 0 Å². The highest BCUT2D eigenvalue weighted by atomic mass is 15.1. The number of para-hydroxylation sites is 2. The Hall–Kier alpha value is -6.64. The summed E-state index contributed by atoms with van der Waals surface area (Å²) in [6.45, 7) is 2.33. The molecule has 52 heavy (non-hydrogen) atoms. The van der Waals surface area contributed by atoms with Gasteiger partial charge in [-0.1, -0.05) is 134 Å². The quantitative estimate of drug-likeness (QED) is 0.172. The van der Waals surface area contributed by atoms with Gasteiger partial charge in [0.2, 0.25) is 0 Å². The molecule has 0 N–H and O–H groups in total. The van der Waals surface area contributed by atoms with Crippen molar-refractivity contribution in [2.24, 2.45) is 0 Å². The molecule has 1 atom stereocenters. The molecule has 0 bridgehead atoms. The molecule has 2 heteroatoms. The molecule has 9 aromatic rings. The van der Waals surface area contributed by atoms with Gasteiger partial charge in [0, 0.05) is 39.4 Å². The first-order valence-electron chi connectivity index (χ1n) is 18.1. The maximum absolute atomic E-state index is 2.40. The van der Waals surface area contributed by atoms with Crippen LogP contribution in [0.25, 0.3) is 60.9 Å². The maximum Gasteiger partial charge on any atom is 0.0541 e. The van der Waals surface area contributed by atoms with E-state index in [0.29, 0.717) is 5.92 Å². The van der Waals surface area contributed by atoms with E-state index in [2.05, 4.69) is 211 Å². The zero-order valence-electron chi connectivity index (χ0n) is 28.9. The van der Waals surface area contributed by atoms with Gasteiger partial charge >= 0.3 is 0 Å². The maximum atomic E-state index is 2.40. The molecule has 0 saturated heterocycles. The van der Waals surface area contributed by atoms with Crippen LogP contribution in [0.2, 0.25) is 0 Å². The second kappa shape index (κ2) is 12.3. The van der Waals surface area contributed by atoms with Gasteiger partial charge in [0.15, 0.2) is 0 Å². The molecule has 0 amide bonds. The molecule has 0 saturated carbocycles. The van der Waals surface area contributed by atoms with E-state index in [1.807, 2.05) is 0 Å². The van der Waals surface area contributed by atoms with Crippen molar-refractivity contribution in [3.05, 3.63) is 205 Å². The summed E-state index contributed by atoms with van der Waals surface area (Å²) in [5.74, 6) is 0.346. The lowest BCUT2D eigenvalue weighted by atomic mass is 9.98. The minimum absolute atomic E-state index is 0.346. The number of hydrogen-bond donors (Lipinski definition) is 0. The third kappa shape index (κ3) is 4.95. The lowest BCUT2D eigenvalue weighted by Gasteiger charge is -2.27. The van der Waals surface area contributed by atoms with Crippen molar-refractivity contribution in [1.29, 1.82) is 0 Å². The van der Waals surface area contributed by atoms with Crippen LogP contribution in [0.5, 0.6) is 0 Å². The number of hydrogen-bond acceptors (Lipinski definition) is 1. The highest BCUT2D eigenvalue weighted by molar-refractivity contribution is 6.10. The molecule has 246 valence electrons. The second-order valence-electron chi connectivity index (χ2n) is 13.8. The molecule has 0 fully saturated rings. The highest BCUT2D eigenvalue weighted by Gasteiger charge is 2.26. The monoisotopic (exact) mass is 664 g/mol. The van der Waals surface area contributed by atoms with Crippen LogP contribution in [-0.2, 0) is 0 Å². The van der Waals surface area contributed by atoms with Crippen LogP contribution in [0.15, 0.2) is 194 Å². The molecule has 0 radical (unpaired) electrons. The molecule has 1 heterocycles. The zero-order chi connectivity index (χ0) is 34.6. The van der Waals surface area contributed by atoms with E-state index >= 15 is 0 Å². The fourth-order valence-corrected chi connectivity index (χ4v) is 8.27. The number of nitrogens with zero attached hydrogens (tertiary/aromatic N) is 2. The molecule has 0 spiro atoms. The van der Waals surface area contributed by atoms with Gasteiger partial charge in [-0.05, 0) is 111 Å². The van der Waals surface area contributed by atoms with E-state index < -0.39 is 0 Å². The van der Waals surface area contributed by atoms with E-state index in [0.717, 1.165) is 17.1 Å². The lowest BCUT2D eigenvalue weighted by molar-refractivity contribution is 0.956. The van der Waals surface area contributed by atoms with Crippen LogP contribution in [0.1, 0.15) is 24.0 Å². The topological polar surface area (TPSA) is 8.17 Å². The average Bonchev–Trinajstić information content (AvgIpc) is 3.70. The first kappa shape index (κ1) is 30.2. The summed E-state index contributed by atoms with van der Waals surface area (Å²) in [6, 6.07) is 70.7. The van der Waals surface area contributed by atoms with E-state index in [1.165, 1.54) is 72.0 Å². The first-order valence-corrected chi connectivity index (χ1v) is 18.1. The minimum atomic E-state index is 0.346. The standard InChI is InChI=1S/C50H36N2/c1-34-43-16-8-9-17-44(43)45-30-29-42(33-47(34)45)51(40-25-20-36(21-26-40)35-12-4-2-5-13-35)41-27-22-37(23-28-41)38-24-31-50-48(32-38)46-18-10-11-19-49(46)52(50)39-14-6-3-7-15-39/h2-34H,1H3. The Morgan fingerprint density at radius 2 is 0.923 bits per heavy atom. The van der Waals surface area contributed by atoms with Crippen molar-refractivity contribution in [3.8, 4) is 39.1 Å². The summed E-state index contributed by atoms with van der Waals surface area (Å²) < 4.78 is 2.37. The predicted molar refractivity (Wildman–Crippen MR) is 219 cm³/mol. The van der Waals surface area contributed by atoms with E-state index in [4.69, 9.17) is 0 Å². The van der Waals surface area contributed by atoms with Gasteiger partial charge in [0.1, 0.15) is 0 Å². The van der Waals surface area contributed by atoms with Crippen molar-refractivity contribution in [2.75, 3.05) is 4.90 Å². The van der Waals surface area contributed by atoms with Crippen molar-refractivity contribution in [1.82, 2.24) is 4.57 Å². The van der Waals surface area contributed by atoms with Crippen LogP contribution >= 0.6 is 0 Å². The molecule has 1 unspecified atom stereocenters. The summed E-state index contributed by atoms with van der Waals surface area (Å²) in [6.07, 6.45) is 0. The van der Waals surface area contributed by atoms with Gasteiger partial charge in [-0.25, -0.2) is 0 Å². The summed E-state index contributed by atoms with van der Waals surface area (Å²) in [5, 5.41) is 2.52. The Labute approximate surface area is 304 Å². The normalized spacial score (nSPS) is 13.3. The minimum Gasteiger partial charge on any atom is -0.310 e. The number of benzene rings is 8. The number of anilines is 3. The molecule has 8 aromatic carbocycles. The van der Waals surface area contributed by atoms with Crippen LogP contribution in [0.3, 0.4) is 0 Å². The average molecular weight is 665 g/mol. The molecule has 1 aromatic heterocycles. The number of fused-ring (bicyclic) bond motifs is 6. The van der Waals surface area contributed by atoms with Crippen molar-refractivity contribution in [3.63, 3.8) is 0 Å². The second-order valence-corrected chi connectivity index (χ2v) is 13.8. The molecule has 1 aliphatic carbocycles. The Balaban J connectivity index is 1.06. The Morgan fingerprint density at radius 3 is 1.67 bits per heavy atom. The predicted octanol–water partition coefficient (Wildman–Crippen LogP) is 13.7. The smallest absolute Gasteiger partial charge is 0.0541 e. The van der Waals surface area contributed by atoms with Gasteiger partial charge in [-0.2, -0.15) is 0 Å². The van der Waals surface area contributed by atoms with E-state index in [-0.39, 0.29) is 0 Å². The van der Waals surface area contributed by atoms with Gasteiger partial charge in [0.05, 0.1) is 11.0 Å². The molecule has 10 rings (SSSR count). The van der Waals surface area contributed by atoms with E-state index in [1.54, 1.807) is 0 Å². The first-order chi connectivity index (χ1) is 25.7. The molecular weight excluding hydrogens is 629 g/mol. The fraction of sp³-hybridized carbons (Fsp3) is 0.0400. The number of rotatable bonds is 6. The zero-order valence-corrected chi connectivity index (χ0v) is 28.9. The third-order valence-corrected chi connectivity index (χ3v) is 10.9. The van der Waals surface area contributed by atoms with Crippen LogP contribution in [0.4, 0.5) is 17.1 Å². The fourth-order valence-electron chi connectivity index (χ4n) is 8.27.